The number of nitrogens with two attached hydrogens (primary N) is 1. The fourth-order valence-electron chi connectivity index (χ4n) is 4.26. The summed E-state index contributed by atoms with van der Waals surface area (Å²) in [6.07, 6.45) is -5.52. The number of ether oxygens (including phenoxy) is 2. The van der Waals surface area contributed by atoms with Crippen molar-refractivity contribution >= 4 is 39.1 Å². The summed E-state index contributed by atoms with van der Waals surface area (Å²) in [5.41, 5.74) is 5.36. The summed E-state index contributed by atoms with van der Waals surface area (Å²) in [5, 5.41) is 2.75. The van der Waals surface area contributed by atoms with Gasteiger partial charge in [0.2, 0.25) is 0 Å². The highest BCUT2D eigenvalue weighted by Gasteiger charge is 2.34. The van der Waals surface area contributed by atoms with Crippen molar-refractivity contribution in [2.75, 3.05) is 37.7 Å². The molecule has 0 unspecified atom stereocenters. The van der Waals surface area contributed by atoms with E-state index < -0.39 is 39.6 Å². The Balaban J connectivity index is 1.79. The largest absolute Gasteiger partial charge is 0.573 e. The topological polar surface area (TPSA) is 131 Å². The fourth-order valence-corrected chi connectivity index (χ4v) is 5.57. The van der Waals surface area contributed by atoms with Gasteiger partial charge < -0.3 is 25.4 Å². The third kappa shape index (κ3) is 9.13. The van der Waals surface area contributed by atoms with Crippen molar-refractivity contribution in [3.63, 3.8) is 0 Å². The zero-order valence-electron chi connectivity index (χ0n) is 23.7. The number of halogens is 4. The third-order valence-electron chi connectivity index (χ3n) is 6.30. The highest BCUT2D eigenvalue weighted by molar-refractivity contribution is 7.91. The van der Waals surface area contributed by atoms with Gasteiger partial charge in [-0.2, -0.15) is 0 Å². The van der Waals surface area contributed by atoms with Crippen molar-refractivity contribution in [3.8, 4) is 5.75 Å². The number of nitrogens with one attached hydrogen (secondary N) is 1. The maximum atomic E-state index is 13.3. The second-order valence-electron chi connectivity index (χ2n) is 10.7. The highest BCUT2D eigenvalue weighted by Crippen LogP contribution is 2.32. The molecule has 2 aromatic rings. The highest BCUT2D eigenvalue weighted by atomic mass is 35.5. The summed E-state index contributed by atoms with van der Waals surface area (Å²) in [6, 6.07) is 6.27. The van der Waals surface area contributed by atoms with Crippen LogP contribution in [0.3, 0.4) is 0 Å². The van der Waals surface area contributed by atoms with Gasteiger partial charge in [0.15, 0.2) is 9.84 Å². The Bertz CT molecular complexity index is 1420. The number of rotatable bonds is 8. The van der Waals surface area contributed by atoms with E-state index in [0.29, 0.717) is 26.2 Å². The minimum Gasteiger partial charge on any atom is -0.444 e. The van der Waals surface area contributed by atoms with E-state index in [9.17, 15) is 31.2 Å². The number of alkyl halides is 3. The van der Waals surface area contributed by atoms with Crippen LogP contribution in [-0.2, 0) is 27.7 Å². The van der Waals surface area contributed by atoms with E-state index >= 15 is 0 Å². The Morgan fingerprint density at radius 2 is 1.69 bits per heavy atom. The monoisotopic (exact) mass is 634 g/mol. The Kier molecular flexibility index (Phi) is 10.3. The molecule has 2 aromatic carbocycles. The summed E-state index contributed by atoms with van der Waals surface area (Å²) in [4.78, 5) is 28.7. The van der Waals surface area contributed by atoms with E-state index in [1.807, 2.05) is 4.90 Å². The van der Waals surface area contributed by atoms with Gasteiger partial charge in [-0.15, -0.1) is 13.2 Å². The standard InChI is InChI=1S/C27H34ClF3N4O6S/c1-5-42(38,39)23-7-6-19(28)12-17(23)15-33-24(36)20-14-22(40-27(29,30)31)18(13-21(20)32)16-34-8-10-35(11-9-34)25(37)41-26(2,3)4/h6-7,12-14H,5,8-11,15-16,32H2,1-4H3,(H,33,36). The number of nitrogens with zero attached hydrogens (tertiary/aromatic N) is 2. The van der Waals surface area contributed by atoms with Crippen molar-refractivity contribution < 1.29 is 40.7 Å². The molecule has 0 radical (unpaired) electrons. The summed E-state index contributed by atoms with van der Waals surface area (Å²) >= 11 is 6.02. The molecule has 2 amide bonds. The molecule has 3 N–H and O–H groups in total. The van der Waals surface area contributed by atoms with Crippen LogP contribution in [0.1, 0.15) is 49.2 Å². The van der Waals surface area contributed by atoms with E-state index in [1.165, 1.54) is 36.1 Å². The van der Waals surface area contributed by atoms with Gasteiger partial charge in [0, 0.05) is 55.5 Å². The van der Waals surface area contributed by atoms with Crippen LogP contribution in [0, 0.1) is 0 Å². The smallest absolute Gasteiger partial charge is 0.444 e. The predicted molar refractivity (Wildman–Crippen MR) is 151 cm³/mol. The zero-order chi connectivity index (χ0) is 31.5. The van der Waals surface area contributed by atoms with Gasteiger partial charge in [0.05, 0.1) is 16.2 Å². The van der Waals surface area contributed by atoms with Gasteiger partial charge in [0.1, 0.15) is 11.4 Å². The molecule has 10 nitrogen and oxygen atoms in total. The minimum absolute atomic E-state index is 0.0143. The Hall–Kier alpha value is -3.23. The molecule has 0 aromatic heterocycles. The van der Waals surface area contributed by atoms with Crippen LogP contribution in [0.5, 0.6) is 5.75 Å². The second kappa shape index (κ2) is 13.0. The van der Waals surface area contributed by atoms with E-state index in [-0.39, 0.29) is 51.1 Å². The van der Waals surface area contributed by atoms with Crippen molar-refractivity contribution in [3.05, 3.63) is 52.0 Å². The molecule has 232 valence electrons. The number of anilines is 1. The van der Waals surface area contributed by atoms with E-state index in [1.54, 1.807) is 20.8 Å². The number of carbonyl (C=O) groups excluding carboxylic acids is 2. The van der Waals surface area contributed by atoms with E-state index in [4.69, 9.17) is 22.1 Å². The SMILES string of the molecule is CCS(=O)(=O)c1ccc(Cl)cc1CNC(=O)c1cc(OC(F)(F)F)c(CN2CCN(C(=O)OC(C)(C)C)CC2)cc1N. The lowest BCUT2D eigenvalue weighted by Crippen LogP contribution is -2.49. The molecule has 42 heavy (non-hydrogen) atoms. The molecule has 1 aliphatic heterocycles. The molecule has 1 aliphatic rings. The molecule has 0 atom stereocenters. The Labute approximate surface area is 247 Å². The maximum absolute atomic E-state index is 13.3. The lowest BCUT2D eigenvalue weighted by Gasteiger charge is -2.35. The van der Waals surface area contributed by atoms with Crippen molar-refractivity contribution in [2.45, 2.75) is 57.6 Å². The molecule has 1 saturated heterocycles. The predicted octanol–water partition coefficient (Wildman–Crippen LogP) is 4.60. The lowest BCUT2D eigenvalue weighted by atomic mass is 10.1. The van der Waals surface area contributed by atoms with E-state index in [0.717, 1.165) is 6.07 Å². The summed E-state index contributed by atoms with van der Waals surface area (Å²) in [6.45, 7) is 7.80. The number of piperazine rings is 1. The molecule has 0 saturated carbocycles. The molecule has 1 fully saturated rings. The van der Waals surface area contributed by atoms with Crippen LogP contribution in [-0.4, -0.2) is 74.1 Å². The van der Waals surface area contributed by atoms with Gasteiger partial charge in [-0.3, -0.25) is 9.69 Å². The average Bonchev–Trinajstić information content (AvgIpc) is 2.87. The summed E-state index contributed by atoms with van der Waals surface area (Å²) < 4.78 is 74.5. The van der Waals surface area contributed by atoms with Gasteiger partial charge in [-0.1, -0.05) is 18.5 Å². The van der Waals surface area contributed by atoms with Crippen LogP contribution < -0.4 is 15.8 Å². The third-order valence-corrected chi connectivity index (χ3v) is 8.36. The van der Waals surface area contributed by atoms with Crippen molar-refractivity contribution in [1.82, 2.24) is 15.1 Å². The van der Waals surface area contributed by atoms with Gasteiger partial charge in [-0.25, -0.2) is 13.2 Å². The molecular formula is C27H34ClF3N4O6S. The van der Waals surface area contributed by atoms with Crippen molar-refractivity contribution in [2.24, 2.45) is 0 Å². The number of carbonyl (C=O) groups is 2. The first kappa shape index (κ1) is 33.3. The maximum Gasteiger partial charge on any atom is 0.573 e. The normalized spacial score (nSPS) is 14.9. The first-order valence-electron chi connectivity index (χ1n) is 13.1. The van der Waals surface area contributed by atoms with E-state index in [2.05, 4.69) is 10.1 Å². The Morgan fingerprint density at radius 1 is 1.05 bits per heavy atom. The number of amides is 2. The van der Waals surface area contributed by atoms with Crippen LogP contribution in [0.25, 0.3) is 0 Å². The van der Waals surface area contributed by atoms with Gasteiger partial charge in [-0.05, 0) is 56.7 Å². The van der Waals surface area contributed by atoms with Crippen LogP contribution >= 0.6 is 11.6 Å². The zero-order valence-corrected chi connectivity index (χ0v) is 25.3. The molecule has 0 aliphatic carbocycles. The number of sulfone groups is 1. The first-order chi connectivity index (χ1) is 19.4. The fraction of sp³-hybridized carbons (Fsp3) is 0.481. The number of hydrogen-bond donors (Lipinski definition) is 2. The molecule has 15 heteroatoms. The number of hydrogen-bond acceptors (Lipinski definition) is 8. The number of benzene rings is 2. The molecule has 0 bridgehead atoms. The molecule has 1 heterocycles. The Morgan fingerprint density at radius 3 is 2.26 bits per heavy atom. The summed E-state index contributed by atoms with van der Waals surface area (Å²) in [5.74, 6) is -1.62. The minimum atomic E-state index is -5.04. The van der Waals surface area contributed by atoms with Gasteiger partial charge >= 0.3 is 12.5 Å². The van der Waals surface area contributed by atoms with Gasteiger partial charge in [0.25, 0.3) is 5.91 Å². The molecular weight excluding hydrogens is 601 g/mol. The lowest BCUT2D eigenvalue weighted by molar-refractivity contribution is -0.275. The number of nitrogen functional groups attached to an aromatic ring is 1. The van der Waals surface area contributed by atoms with Crippen molar-refractivity contribution in [1.29, 1.82) is 0 Å². The molecule has 0 spiro atoms. The second-order valence-corrected chi connectivity index (χ2v) is 13.4. The molecule has 3 rings (SSSR count). The van der Waals surface area contributed by atoms with Crippen LogP contribution in [0.15, 0.2) is 35.2 Å². The average molecular weight is 635 g/mol. The first-order valence-corrected chi connectivity index (χ1v) is 15.1. The van der Waals surface area contributed by atoms with Crippen LogP contribution in [0.2, 0.25) is 5.02 Å². The quantitative estimate of drug-likeness (QED) is 0.403. The van der Waals surface area contributed by atoms with Crippen LogP contribution in [0.4, 0.5) is 23.7 Å². The summed E-state index contributed by atoms with van der Waals surface area (Å²) in [7, 11) is -3.64.